The van der Waals surface area contributed by atoms with Crippen molar-refractivity contribution in [3.8, 4) is 5.75 Å². The Bertz CT molecular complexity index is 1070. The van der Waals surface area contributed by atoms with Gasteiger partial charge in [0, 0.05) is 21.9 Å². The molecule has 0 spiro atoms. The molecule has 0 saturated carbocycles. The lowest BCUT2D eigenvalue weighted by Gasteiger charge is -2.23. The predicted octanol–water partition coefficient (Wildman–Crippen LogP) is 4.38. The summed E-state index contributed by atoms with van der Waals surface area (Å²) in [5.74, 6) is -0.0000297. The van der Waals surface area contributed by atoms with E-state index in [1.807, 2.05) is 0 Å². The van der Waals surface area contributed by atoms with Crippen molar-refractivity contribution in [1.29, 1.82) is 0 Å². The van der Waals surface area contributed by atoms with E-state index < -0.39 is 23.8 Å². The second-order valence-electron chi connectivity index (χ2n) is 6.90. The van der Waals surface area contributed by atoms with Gasteiger partial charge in [0.15, 0.2) is 0 Å². The Morgan fingerprint density at radius 1 is 1.32 bits per heavy atom. The van der Waals surface area contributed by atoms with Gasteiger partial charge in [0.2, 0.25) is 5.28 Å². The lowest BCUT2D eigenvalue weighted by molar-refractivity contribution is -0.139. The van der Waals surface area contributed by atoms with Gasteiger partial charge in [-0.1, -0.05) is 36.4 Å². The Hall–Kier alpha value is -2.29. The Morgan fingerprint density at radius 3 is 2.55 bits per heavy atom. The summed E-state index contributed by atoms with van der Waals surface area (Å²) >= 11 is 12.0. The van der Waals surface area contributed by atoms with Crippen LogP contribution in [0.15, 0.2) is 29.8 Å². The van der Waals surface area contributed by atoms with E-state index >= 15 is 0 Å². The van der Waals surface area contributed by atoms with Crippen molar-refractivity contribution < 1.29 is 17.9 Å². The fourth-order valence-corrected chi connectivity index (χ4v) is 3.15. The van der Waals surface area contributed by atoms with Crippen LogP contribution in [0.3, 0.4) is 0 Å². The molecule has 0 fully saturated rings. The van der Waals surface area contributed by atoms with Gasteiger partial charge in [-0.3, -0.25) is 0 Å². The molecule has 0 amide bonds. The monoisotopic (exact) mass is 474 g/mol. The number of ether oxygens (including phenoxy) is 1. The van der Waals surface area contributed by atoms with Crippen LogP contribution in [0, 0.1) is 0 Å². The van der Waals surface area contributed by atoms with Gasteiger partial charge in [-0.2, -0.15) is 13.2 Å². The number of hydrogen-bond donors (Lipinski definition) is 2. The number of benzene rings is 1. The minimum absolute atomic E-state index is 0.0300. The van der Waals surface area contributed by atoms with Crippen molar-refractivity contribution >= 4 is 41.2 Å². The number of rotatable bonds is 7. The van der Waals surface area contributed by atoms with Crippen LogP contribution in [-0.2, 0) is 6.18 Å². The van der Waals surface area contributed by atoms with Crippen molar-refractivity contribution in [1.82, 2.24) is 9.97 Å². The molecule has 0 aliphatic carbocycles. The van der Waals surface area contributed by atoms with Gasteiger partial charge in [0.05, 0.1) is 17.0 Å². The highest BCUT2D eigenvalue weighted by Gasteiger charge is 2.36. The van der Waals surface area contributed by atoms with E-state index in [1.54, 1.807) is 39.0 Å². The van der Waals surface area contributed by atoms with Gasteiger partial charge >= 0.3 is 6.18 Å². The quantitative estimate of drug-likeness (QED) is 0.582. The summed E-state index contributed by atoms with van der Waals surface area (Å²) in [6.45, 7) is 8.65. The maximum atomic E-state index is 13.6. The third kappa shape index (κ3) is 6.59. The number of nitrogens with two attached hydrogens (primary N) is 1. The number of para-hydroxylation sites is 1. The lowest BCUT2D eigenvalue weighted by Crippen LogP contribution is -2.33. The first kappa shape index (κ1) is 25.0. The van der Waals surface area contributed by atoms with Crippen molar-refractivity contribution in [3.63, 3.8) is 0 Å². The van der Waals surface area contributed by atoms with Gasteiger partial charge in [-0.25, -0.2) is 9.97 Å². The molecule has 1 aromatic carbocycles. The minimum Gasteiger partial charge on any atom is -0.491 e. The zero-order chi connectivity index (χ0) is 23.3. The van der Waals surface area contributed by atoms with E-state index in [0.29, 0.717) is 10.6 Å². The van der Waals surface area contributed by atoms with Crippen molar-refractivity contribution in [3.05, 3.63) is 56.8 Å². The molecule has 5 nitrogen and oxygen atoms in total. The lowest BCUT2D eigenvalue weighted by atomic mass is 10.0. The predicted molar refractivity (Wildman–Crippen MR) is 119 cm³/mol. The Labute approximate surface area is 188 Å². The van der Waals surface area contributed by atoms with Gasteiger partial charge in [-0.15, -0.1) is 0 Å². The fraction of sp³-hybridized carbons (Fsp3) is 0.333. The second kappa shape index (κ2) is 10.3. The average molecular weight is 475 g/mol. The van der Waals surface area contributed by atoms with E-state index in [9.17, 15) is 13.2 Å². The van der Waals surface area contributed by atoms with E-state index in [1.165, 1.54) is 6.07 Å². The summed E-state index contributed by atoms with van der Waals surface area (Å²) in [4.78, 5) is 8.32. The Kier molecular flexibility index (Phi) is 8.34. The molecule has 1 heterocycles. The molecule has 2 rings (SSSR count). The number of allylic oxidation sites excluding steroid dienone is 1. The maximum absolute atomic E-state index is 13.6. The number of anilines is 1. The molecule has 0 aliphatic rings. The summed E-state index contributed by atoms with van der Waals surface area (Å²) < 4.78 is 46.3. The molecule has 168 valence electrons. The highest BCUT2D eigenvalue weighted by molar-refractivity contribution is 6.33. The van der Waals surface area contributed by atoms with Crippen molar-refractivity contribution in [2.24, 2.45) is 5.73 Å². The van der Waals surface area contributed by atoms with Gasteiger partial charge in [0.1, 0.15) is 18.2 Å². The van der Waals surface area contributed by atoms with Gasteiger partial charge < -0.3 is 15.8 Å². The summed E-state index contributed by atoms with van der Waals surface area (Å²) in [5, 5.41) is 4.28. The molecule has 10 heteroatoms. The molecule has 1 aromatic heterocycles. The largest absolute Gasteiger partial charge is 0.491 e. The highest BCUT2D eigenvalue weighted by Crippen LogP contribution is 2.40. The molecule has 1 unspecified atom stereocenters. The first-order chi connectivity index (χ1) is 14.4. The summed E-state index contributed by atoms with van der Waals surface area (Å²) in [5.41, 5.74) is 5.08. The second-order valence-corrected chi connectivity index (χ2v) is 7.72. The van der Waals surface area contributed by atoms with Crippen LogP contribution in [0.25, 0.3) is 12.2 Å². The molecular formula is C21H23Cl2F3N4O. The fourth-order valence-electron chi connectivity index (χ4n) is 2.87. The van der Waals surface area contributed by atoms with Crippen LogP contribution in [0.1, 0.15) is 37.9 Å². The van der Waals surface area contributed by atoms with E-state index in [-0.39, 0.29) is 34.1 Å². The molecule has 31 heavy (non-hydrogen) atoms. The molecular weight excluding hydrogens is 452 g/mol. The third-order valence-electron chi connectivity index (χ3n) is 4.18. The van der Waals surface area contributed by atoms with Gasteiger partial charge in [-0.05, 0) is 44.5 Å². The van der Waals surface area contributed by atoms with Crippen LogP contribution >= 0.6 is 23.2 Å². The number of halogens is 5. The highest BCUT2D eigenvalue weighted by atomic mass is 35.5. The van der Waals surface area contributed by atoms with E-state index in [0.717, 1.165) is 6.07 Å². The number of nitrogens with zero attached hydrogens (tertiary/aromatic N) is 2. The van der Waals surface area contributed by atoms with Crippen LogP contribution in [0.4, 0.5) is 19.0 Å². The Balaban J connectivity index is 2.60. The zero-order valence-corrected chi connectivity index (χ0v) is 18.7. The summed E-state index contributed by atoms with van der Waals surface area (Å²) in [6, 6.07) is 2.74. The minimum atomic E-state index is -4.60. The van der Waals surface area contributed by atoms with Crippen LogP contribution in [0.2, 0.25) is 5.28 Å². The molecule has 0 saturated heterocycles. The van der Waals surface area contributed by atoms with E-state index in [2.05, 4.69) is 21.9 Å². The molecule has 2 atom stereocenters. The molecule has 0 radical (unpaired) electrons. The number of nitrogens with one attached hydrogen (secondary N) is 1. The first-order valence-corrected chi connectivity index (χ1v) is 10.1. The average Bonchev–Trinajstić information content (AvgIpc) is 2.66. The maximum Gasteiger partial charge on any atom is 0.419 e. The summed E-state index contributed by atoms with van der Waals surface area (Å²) in [7, 11) is 0. The SMILES string of the molecule is C=C(Cl)/C=c1/c(N[C@H](C)c2cccc(C(F)(F)F)c2OCC(C)N)nc(Cl)n/c1=C/C. The number of hydrogen-bond acceptors (Lipinski definition) is 5. The van der Waals surface area contributed by atoms with Gasteiger partial charge in [0.25, 0.3) is 0 Å². The summed E-state index contributed by atoms with van der Waals surface area (Å²) in [6.07, 6.45) is -1.35. The van der Waals surface area contributed by atoms with E-state index in [4.69, 9.17) is 33.7 Å². The van der Waals surface area contributed by atoms with Crippen LogP contribution < -0.4 is 26.4 Å². The van der Waals surface area contributed by atoms with Crippen LogP contribution in [0.5, 0.6) is 5.75 Å². The van der Waals surface area contributed by atoms with Crippen molar-refractivity contribution in [2.45, 2.75) is 39.0 Å². The zero-order valence-electron chi connectivity index (χ0n) is 17.2. The molecule has 2 aromatic rings. The standard InChI is InChI=1S/C21H23Cl2F3N4O/c1-5-17-15(9-11(2)22)19(30-20(23)29-17)28-13(4)14-7-6-8-16(21(24,25)26)18(14)31-10-12(3)27/h5-9,12-13H,2,10,27H2,1,3-4H3,(H,28,29,30)/b15-9+,17-5+/t12?,13-/m1/s1. The van der Waals surface area contributed by atoms with Crippen LogP contribution in [-0.4, -0.2) is 22.6 Å². The number of alkyl halides is 3. The van der Waals surface area contributed by atoms with Crippen molar-refractivity contribution in [2.75, 3.05) is 11.9 Å². The molecule has 0 aliphatic heterocycles. The topological polar surface area (TPSA) is 73.1 Å². The molecule has 3 N–H and O–H groups in total. The number of aromatic nitrogens is 2. The smallest absolute Gasteiger partial charge is 0.419 e. The molecule has 0 bridgehead atoms. The normalized spacial score (nSPS) is 15.0. The third-order valence-corrected chi connectivity index (χ3v) is 4.46. The Morgan fingerprint density at radius 2 is 2.00 bits per heavy atom. The first-order valence-electron chi connectivity index (χ1n) is 9.35.